The predicted octanol–water partition coefficient (Wildman–Crippen LogP) is 2.06. The van der Waals surface area contributed by atoms with Crippen LogP contribution in [0.25, 0.3) is 0 Å². The lowest BCUT2D eigenvalue weighted by atomic mass is 9.82. The molecule has 192 valence electrons. The SMILES string of the molecule is COc1ccc(C(=O)N2CCN([C@@H]3CCCC[C@H]3C(=O)N[C@H](C(N)=O)c3ccccc3)CC2)c(O)c1. The quantitative estimate of drug-likeness (QED) is 0.541. The van der Waals surface area contributed by atoms with Gasteiger partial charge in [0.1, 0.15) is 17.5 Å². The van der Waals surface area contributed by atoms with Gasteiger partial charge in [-0.25, -0.2) is 0 Å². The summed E-state index contributed by atoms with van der Waals surface area (Å²) < 4.78 is 5.10. The molecular formula is C27H34N4O5. The maximum atomic E-state index is 13.3. The average molecular weight is 495 g/mol. The zero-order valence-electron chi connectivity index (χ0n) is 20.6. The van der Waals surface area contributed by atoms with Crippen molar-refractivity contribution in [1.82, 2.24) is 15.1 Å². The molecule has 1 heterocycles. The first-order chi connectivity index (χ1) is 17.4. The first-order valence-electron chi connectivity index (χ1n) is 12.4. The third-order valence-electron chi connectivity index (χ3n) is 7.28. The minimum Gasteiger partial charge on any atom is -0.507 e. The van der Waals surface area contributed by atoms with Crippen molar-refractivity contribution in [2.45, 2.75) is 37.8 Å². The van der Waals surface area contributed by atoms with E-state index in [9.17, 15) is 19.5 Å². The van der Waals surface area contributed by atoms with Gasteiger partial charge in [0.2, 0.25) is 11.8 Å². The summed E-state index contributed by atoms with van der Waals surface area (Å²) in [5, 5.41) is 13.1. The summed E-state index contributed by atoms with van der Waals surface area (Å²) in [6.45, 7) is 2.27. The predicted molar refractivity (Wildman–Crippen MR) is 134 cm³/mol. The molecule has 4 rings (SSSR count). The first kappa shape index (κ1) is 25.5. The number of aromatic hydroxyl groups is 1. The number of piperazine rings is 1. The number of hydrogen-bond donors (Lipinski definition) is 3. The molecule has 0 aromatic heterocycles. The molecule has 1 aliphatic carbocycles. The molecule has 0 unspecified atom stereocenters. The molecule has 1 aliphatic heterocycles. The van der Waals surface area contributed by atoms with Crippen molar-refractivity contribution in [3.63, 3.8) is 0 Å². The standard InChI is InChI=1S/C27H34N4O5/c1-36-19-11-12-21(23(32)17-19)27(35)31-15-13-30(14-16-31)22-10-6-5-9-20(22)26(34)29-24(25(28)33)18-7-3-2-4-8-18/h2-4,7-8,11-12,17,20,22,24,32H,5-6,9-10,13-16H2,1H3,(H2,28,33)(H,29,34)/t20-,22-,24+/m1/s1. The van der Waals surface area contributed by atoms with Crippen LogP contribution in [-0.4, -0.2) is 72.0 Å². The van der Waals surface area contributed by atoms with E-state index in [0.717, 1.165) is 25.7 Å². The highest BCUT2D eigenvalue weighted by Gasteiger charge is 2.38. The van der Waals surface area contributed by atoms with Gasteiger partial charge >= 0.3 is 0 Å². The van der Waals surface area contributed by atoms with Crippen LogP contribution in [0.2, 0.25) is 0 Å². The Kier molecular flexibility index (Phi) is 8.10. The van der Waals surface area contributed by atoms with Crippen LogP contribution in [0.1, 0.15) is 47.6 Å². The molecule has 2 aromatic rings. The fourth-order valence-electron chi connectivity index (χ4n) is 5.31. The monoisotopic (exact) mass is 494 g/mol. The zero-order valence-corrected chi connectivity index (χ0v) is 20.6. The Morgan fingerprint density at radius 2 is 1.72 bits per heavy atom. The van der Waals surface area contributed by atoms with E-state index in [-0.39, 0.29) is 35.1 Å². The number of carbonyl (C=O) groups is 3. The van der Waals surface area contributed by atoms with Gasteiger partial charge < -0.3 is 25.8 Å². The average Bonchev–Trinajstić information content (AvgIpc) is 2.91. The number of phenols is 1. The molecule has 1 saturated carbocycles. The van der Waals surface area contributed by atoms with Gasteiger partial charge in [-0.05, 0) is 30.5 Å². The number of hydrogen-bond acceptors (Lipinski definition) is 6. The van der Waals surface area contributed by atoms with E-state index in [4.69, 9.17) is 10.5 Å². The summed E-state index contributed by atoms with van der Waals surface area (Å²) in [4.78, 5) is 42.5. The Morgan fingerprint density at radius 3 is 2.36 bits per heavy atom. The van der Waals surface area contributed by atoms with Crippen LogP contribution in [0.5, 0.6) is 11.5 Å². The number of nitrogens with zero attached hydrogens (tertiary/aromatic N) is 2. The van der Waals surface area contributed by atoms with Gasteiger partial charge in [-0.3, -0.25) is 19.3 Å². The topological polar surface area (TPSA) is 125 Å². The number of phenolic OH excluding ortho intramolecular Hbond substituents is 1. The van der Waals surface area contributed by atoms with Gasteiger partial charge in [-0.2, -0.15) is 0 Å². The maximum absolute atomic E-state index is 13.3. The highest BCUT2D eigenvalue weighted by atomic mass is 16.5. The molecule has 2 aliphatic rings. The second kappa shape index (κ2) is 11.4. The van der Waals surface area contributed by atoms with Crippen molar-refractivity contribution in [3.05, 3.63) is 59.7 Å². The van der Waals surface area contributed by atoms with E-state index < -0.39 is 11.9 Å². The van der Waals surface area contributed by atoms with Crippen LogP contribution in [0.3, 0.4) is 0 Å². The highest BCUT2D eigenvalue weighted by molar-refractivity contribution is 5.97. The van der Waals surface area contributed by atoms with Crippen molar-refractivity contribution in [1.29, 1.82) is 0 Å². The van der Waals surface area contributed by atoms with E-state index in [1.165, 1.54) is 13.2 Å². The van der Waals surface area contributed by atoms with E-state index in [1.54, 1.807) is 29.2 Å². The number of rotatable bonds is 7. The lowest BCUT2D eigenvalue weighted by Gasteiger charge is -2.44. The smallest absolute Gasteiger partial charge is 0.257 e. The van der Waals surface area contributed by atoms with Crippen LogP contribution in [0.4, 0.5) is 0 Å². The molecule has 0 radical (unpaired) electrons. The van der Waals surface area contributed by atoms with Crippen LogP contribution in [-0.2, 0) is 9.59 Å². The Balaban J connectivity index is 1.40. The minimum atomic E-state index is -0.868. The molecule has 9 heteroatoms. The molecule has 36 heavy (non-hydrogen) atoms. The zero-order chi connectivity index (χ0) is 25.7. The summed E-state index contributed by atoms with van der Waals surface area (Å²) in [7, 11) is 1.50. The molecule has 0 spiro atoms. The van der Waals surface area contributed by atoms with Gasteiger partial charge in [0, 0.05) is 38.3 Å². The second-order valence-electron chi connectivity index (χ2n) is 9.42. The van der Waals surface area contributed by atoms with Crippen LogP contribution >= 0.6 is 0 Å². The minimum absolute atomic E-state index is 0.0368. The van der Waals surface area contributed by atoms with E-state index in [0.29, 0.717) is 37.5 Å². The second-order valence-corrected chi connectivity index (χ2v) is 9.42. The molecule has 1 saturated heterocycles. The number of nitrogens with one attached hydrogen (secondary N) is 1. The van der Waals surface area contributed by atoms with Crippen molar-refractivity contribution in [2.24, 2.45) is 11.7 Å². The lowest BCUT2D eigenvalue weighted by molar-refractivity contribution is -0.133. The van der Waals surface area contributed by atoms with Crippen molar-refractivity contribution >= 4 is 17.7 Å². The Bertz CT molecular complexity index is 1080. The van der Waals surface area contributed by atoms with Crippen LogP contribution in [0.15, 0.2) is 48.5 Å². The third kappa shape index (κ3) is 5.62. The van der Waals surface area contributed by atoms with Crippen molar-refractivity contribution in [3.8, 4) is 11.5 Å². The Morgan fingerprint density at radius 1 is 1.03 bits per heavy atom. The number of carbonyl (C=O) groups excluding carboxylic acids is 3. The van der Waals surface area contributed by atoms with E-state index in [2.05, 4.69) is 10.2 Å². The van der Waals surface area contributed by atoms with Crippen LogP contribution < -0.4 is 15.8 Å². The molecular weight excluding hydrogens is 460 g/mol. The maximum Gasteiger partial charge on any atom is 0.257 e. The molecule has 9 nitrogen and oxygen atoms in total. The van der Waals surface area contributed by atoms with Crippen molar-refractivity contribution in [2.75, 3.05) is 33.3 Å². The summed E-state index contributed by atoms with van der Waals surface area (Å²) in [5.41, 5.74) is 6.53. The van der Waals surface area contributed by atoms with Gasteiger partial charge in [-0.15, -0.1) is 0 Å². The summed E-state index contributed by atoms with van der Waals surface area (Å²) in [6, 6.07) is 12.9. The lowest BCUT2D eigenvalue weighted by Crippen LogP contribution is -2.56. The molecule has 2 fully saturated rings. The highest BCUT2D eigenvalue weighted by Crippen LogP contribution is 2.31. The van der Waals surface area contributed by atoms with Gasteiger partial charge in [0.25, 0.3) is 5.91 Å². The number of amides is 3. The van der Waals surface area contributed by atoms with E-state index in [1.807, 2.05) is 18.2 Å². The van der Waals surface area contributed by atoms with Crippen molar-refractivity contribution < 1.29 is 24.2 Å². The largest absolute Gasteiger partial charge is 0.507 e. The van der Waals surface area contributed by atoms with E-state index >= 15 is 0 Å². The molecule has 2 aromatic carbocycles. The normalized spacial score (nSPS) is 21.4. The molecule has 3 atom stereocenters. The Labute approximate surface area is 211 Å². The fraction of sp³-hybridized carbons (Fsp3) is 0.444. The summed E-state index contributed by atoms with van der Waals surface area (Å²) >= 11 is 0. The number of benzene rings is 2. The fourth-order valence-corrected chi connectivity index (χ4v) is 5.31. The third-order valence-corrected chi connectivity index (χ3v) is 7.28. The van der Waals surface area contributed by atoms with Gasteiger partial charge in [0.05, 0.1) is 18.6 Å². The number of primary amides is 1. The first-order valence-corrected chi connectivity index (χ1v) is 12.4. The van der Waals surface area contributed by atoms with Gasteiger partial charge in [-0.1, -0.05) is 43.2 Å². The summed E-state index contributed by atoms with van der Waals surface area (Å²) in [6.07, 6.45) is 3.62. The Hall–Kier alpha value is -3.59. The number of methoxy groups -OCH3 is 1. The molecule has 4 N–H and O–H groups in total. The number of ether oxygens (including phenoxy) is 1. The summed E-state index contributed by atoms with van der Waals surface area (Å²) in [5.74, 6) is -0.837. The number of nitrogens with two attached hydrogens (primary N) is 1. The molecule has 3 amide bonds. The van der Waals surface area contributed by atoms with Crippen LogP contribution in [0, 0.1) is 5.92 Å². The molecule has 0 bridgehead atoms. The van der Waals surface area contributed by atoms with Gasteiger partial charge in [0.15, 0.2) is 0 Å².